The van der Waals surface area contributed by atoms with Crippen LogP contribution in [0.5, 0.6) is 0 Å². The van der Waals surface area contributed by atoms with Crippen LogP contribution in [-0.4, -0.2) is 16.3 Å². The lowest BCUT2D eigenvalue weighted by molar-refractivity contribution is 0.527. The predicted molar refractivity (Wildman–Crippen MR) is 83.7 cm³/mol. The Morgan fingerprint density at radius 1 is 1.15 bits per heavy atom. The molecule has 1 aromatic heterocycles. The molecule has 20 heavy (non-hydrogen) atoms. The maximum Gasteiger partial charge on any atom is 0.0537 e. The van der Waals surface area contributed by atoms with Gasteiger partial charge in [-0.25, -0.2) is 0 Å². The molecule has 2 rings (SSSR count). The van der Waals surface area contributed by atoms with Crippen LogP contribution in [0.3, 0.4) is 0 Å². The third-order valence-corrected chi connectivity index (χ3v) is 3.43. The molecular formula is C17H25N3. The van der Waals surface area contributed by atoms with Crippen molar-refractivity contribution in [2.75, 3.05) is 6.54 Å². The van der Waals surface area contributed by atoms with E-state index in [2.05, 4.69) is 60.8 Å². The van der Waals surface area contributed by atoms with Crippen molar-refractivity contribution in [3.8, 4) is 0 Å². The first kappa shape index (κ1) is 14.8. The Bertz CT molecular complexity index is 490. The number of rotatable bonds is 8. The van der Waals surface area contributed by atoms with Gasteiger partial charge in [-0.15, -0.1) is 0 Å². The fourth-order valence-electron chi connectivity index (χ4n) is 2.39. The second-order valence-corrected chi connectivity index (χ2v) is 5.23. The van der Waals surface area contributed by atoms with Crippen molar-refractivity contribution in [1.82, 2.24) is 15.1 Å². The molecule has 1 heterocycles. The summed E-state index contributed by atoms with van der Waals surface area (Å²) in [5.41, 5.74) is 2.65. The molecule has 0 saturated heterocycles. The van der Waals surface area contributed by atoms with Gasteiger partial charge < -0.3 is 5.32 Å². The summed E-state index contributed by atoms with van der Waals surface area (Å²) in [6, 6.07) is 11.0. The first-order valence-corrected chi connectivity index (χ1v) is 7.63. The zero-order chi connectivity index (χ0) is 14.2. The molecular weight excluding hydrogens is 246 g/mol. The van der Waals surface area contributed by atoms with Crippen LogP contribution in [0, 0.1) is 0 Å². The zero-order valence-electron chi connectivity index (χ0n) is 12.5. The summed E-state index contributed by atoms with van der Waals surface area (Å²) in [5.74, 6) is 0. The van der Waals surface area contributed by atoms with Crippen LogP contribution in [0.2, 0.25) is 0 Å². The molecule has 0 spiro atoms. The normalized spacial score (nSPS) is 12.5. The lowest BCUT2D eigenvalue weighted by atomic mass is 10.0. The van der Waals surface area contributed by atoms with Crippen molar-refractivity contribution < 1.29 is 0 Å². The molecule has 0 saturated carbocycles. The van der Waals surface area contributed by atoms with E-state index in [4.69, 9.17) is 0 Å². The van der Waals surface area contributed by atoms with Crippen molar-refractivity contribution in [2.24, 2.45) is 0 Å². The van der Waals surface area contributed by atoms with E-state index in [0.717, 1.165) is 32.4 Å². The Kier molecular flexibility index (Phi) is 5.81. The number of nitrogens with one attached hydrogen (secondary N) is 1. The van der Waals surface area contributed by atoms with E-state index in [-0.39, 0.29) is 0 Å². The number of aromatic nitrogens is 2. The van der Waals surface area contributed by atoms with Gasteiger partial charge in [0.2, 0.25) is 0 Å². The molecule has 1 unspecified atom stereocenters. The van der Waals surface area contributed by atoms with Gasteiger partial charge in [-0.2, -0.15) is 5.10 Å². The van der Waals surface area contributed by atoms with Crippen LogP contribution < -0.4 is 5.32 Å². The Morgan fingerprint density at radius 3 is 2.65 bits per heavy atom. The second-order valence-electron chi connectivity index (χ2n) is 5.23. The van der Waals surface area contributed by atoms with Gasteiger partial charge in [0, 0.05) is 24.3 Å². The fourth-order valence-corrected chi connectivity index (χ4v) is 2.39. The van der Waals surface area contributed by atoms with E-state index in [0.29, 0.717) is 6.04 Å². The van der Waals surface area contributed by atoms with Crippen molar-refractivity contribution in [3.63, 3.8) is 0 Å². The third-order valence-electron chi connectivity index (χ3n) is 3.43. The van der Waals surface area contributed by atoms with Gasteiger partial charge >= 0.3 is 0 Å². The van der Waals surface area contributed by atoms with E-state index in [1.54, 1.807) is 0 Å². The summed E-state index contributed by atoms with van der Waals surface area (Å²) < 4.78 is 2.04. The van der Waals surface area contributed by atoms with Crippen LogP contribution in [0.4, 0.5) is 0 Å². The summed E-state index contributed by atoms with van der Waals surface area (Å²) in [5, 5.41) is 8.09. The number of hydrogen-bond acceptors (Lipinski definition) is 2. The lowest BCUT2D eigenvalue weighted by Crippen LogP contribution is -2.23. The maximum atomic E-state index is 4.45. The molecule has 0 aliphatic heterocycles. The standard InChI is InChI=1S/C17H25N3/c1-3-10-18-17(12-15-8-6-5-7-9-15)16-13-19-20(14-16)11-4-2/h5-9,13-14,17-18H,3-4,10-12H2,1-2H3. The van der Waals surface area contributed by atoms with Gasteiger partial charge in [0.25, 0.3) is 0 Å². The van der Waals surface area contributed by atoms with Gasteiger partial charge in [-0.3, -0.25) is 4.68 Å². The van der Waals surface area contributed by atoms with Gasteiger partial charge in [-0.05, 0) is 31.4 Å². The summed E-state index contributed by atoms with van der Waals surface area (Å²) in [4.78, 5) is 0. The fraction of sp³-hybridized carbons (Fsp3) is 0.471. The van der Waals surface area contributed by atoms with Gasteiger partial charge in [0.05, 0.1) is 6.20 Å². The van der Waals surface area contributed by atoms with Gasteiger partial charge in [0.1, 0.15) is 0 Å². The highest BCUT2D eigenvalue weighted by Gasteiger charge is 2.13. The summed E-state index contributed by atoms with van der Waals surface area (Å²) in [6.45, 7) is 6.41. The van der Waals surface area contributed by atoms with Gasteiger partial charge in [-0.1, -0.05) is 44.2 Å². The third kappa shape index (κ3) is 4.20. The highest BCUT2D eigenvalue weighted by atomic mass is 15.3. The summed E-state index contributed by atoms with van der Waals surface area (Å²) in [7, 11) is 0. The Morgan fingerprint density at radius 2 is 1.95 bits per heavy atom. The minimum absolute atomic E-state index is 0.350. The Hall–Kier alpha value is -1.61. The minimum atomic E-state index is 0.350. The maximum absolute atomic E-state index is 4.45. The smallest absolute Gasteiger partial charge is 0.0537 e. The summed E-state index contributed by atoms with van der Waals surface area (Å²) in [6.07, 6.45) is 7.46. The van der Waals surface area contributed by atoms with Crippen molar-refractivity contribution in [1.29, 1.82) is 0 Å². The number of aryl methyl sites for hydroxylation is 1. The molecule has 0 aliphatic rings. The van der Waals surface area contributed by atoms with Crippen LogP contribution in [-0.2, 0) is 13.0 Å². The van der Waals surface area contributed by atoms with Crippen molar-refractivity contribution in [2.45, 2.75) is 45.7 Å². The molecule has 108 valence electrons. The van der Waals surface area contributed by atoms with Crippen molar-refractivity contribution >= 4 is 0 Å². The quantitative estimate of drug-likeness (QED) is 0.795. The van der Waals surface area contributed by atoms with E-state index < -0.39 is 0 Å². The second kappa shape index (κ2) is 7.85. The average molecular weight is 271 g/mol. The Balaban J connectivity index is 2.09. The average Bonchev–Trinajstić information content (AvgIpc) is 2.93. The number of hydrogen-bond donors (Lipinski definition) is 1. The molecule has 0 bridgehead atoms. The lowest BCUT2D eigenvalue weighted by Gasteiger charge is -2.17. The van der Waals surface area contributed by atoms with Gasteiger partial charge in [0.15, 0.2) is 0 Å². The summed E-state index contributed by atoms with van der Waals surface area (Å²) >= 11 is 0. The molecule has 1 atom stereocenters. The molecule has 1 N–H and O–H groups in total. The SMILES string of the molecule is CCCNC(Cc1ccccc1)c1cnn(CCC)c1. The van der Waals surface area contributed by atoms with E-state index in [1.807, 2.05) is 10.9 Å². The largest absolute Gasteiger partial charge is 0.310 e. The molecule has 0 fully saturated rings. The molecule has 0 aliphatic carbocycles. The minimum Gasteiger partial charge on any atom is -0.310 e. The van der Waals surface area contributed by atoms with Crippen LogP contribution >= 0.6 is 0 Å². The van der Waals surface area contributed by atoms with Crippen LogP contribution in [0.25, 0.3) is 0 Å². The zero-order valence-corrected chi connectivity index (χ0v) is 12.5. The van der Waals surface area contributed by atoms with Crippen LogP contribution in [0.15, 0.2) is 42.7 Å². The molecule has 0 amide bonds. The first-order chi connectivity index (χ1) is 9.83. The number of nitrogens with zero attached hydrogens (tertiary/aromatic N) is 2. The van der Waals surface area contributed by atoms with Crippen LogP contribution in [0.1, 0.15) is 43.9 Å². The first-order valence-electron chi connectivity index (χ1n) is 7.63. The molecule has 1 aromatic carbocycles. The monoisotopic (exact) mass is 271 g/mol. The molecule has 3 nitrogen and oxygen atoms in total. The number of benzene rings is 1. The molecule has 0 radical (unpaired) electrons. The Labute approximate surface area is 122 Å². The predicted octanol–water partition coefficient (Wildman–Crippen LogP) is 3.58. The highest BCUT2D eigenvalue weighted by Crippen LogP contribution is 2.18. The topological polar surface area (TPSA) is 29.9 Å². The highest BCUT2D eigenvalue weighted by molar-refractivity contribution is 5.20. The van der Waals surface area contributed by atoms with E-state index >= 15 is 0 Å². The van der Waals surface area contributed by atoms with Crippen molar-refractivity contribution in [3.05, 3.63) is 53.9 Å². The molecule has 3 heteroatoms. The van der Waals surface area contributed by atoms with E-state index in [9.17, 15) is 0 Å². The van der Waals surface area contributed by atoms with E-state index in [1.165, 1.54) is 11.1 Å². The molecule has 2 aromatic rings.